The van der Waals surface area contributed by atoms with Crippen LogP contribution in [0.25, 0.3) is 10.9 Å². The van der Waals surface area contributed by atoms with Crippen LogP contribution in [0.2, 0.25) is 0 Å². The number of fused-ring (bicyclic) bond motifs is 1. The number of para-hydroxylation sites is 1. The van der Waals surface area contributed by atoms with Crippen molar-refractivity contribution >= 4 is 39.9 Å². The summed E-state index contributed by atoms with van der Waals surface area (Å²) in [6.07, 6.45) is 2.12. The molecule has 5 rings (SSSR count). The van der Waals surface area contributed by atoms with Crippen molar-refractivity contribution < 1.29 is 4.79 Å². The summed E-state index contributed by atoms with van der Waals surface area (Å²) in [6.45, 7) is 3.12. The average molecular weight is 476 g/mol. The van der Waals surface area contributed by atoms with E-state index in [4.69, 9.17) is 4.98 Å². The molecular formula is C26H25N3O2S2. The van der Waals surface area contributed by atoms with E-state index in [0.29, 0.717) is 35.2 Å². The molecule has 1 aliphatic rings. The van der Waals surface area contributed by atoms with Crippen LogP contribution < -0.4 is 5.56 Å². The zero-order valence-corrected chi connectivity index (χ0v) is 20.1. The molecule has 1 saturated carbocycles. The molecule has 0 atom stereocenters. The first kappa shape index (κ1) is 21.9. The summed E-state index contributed by atoms with van der Waals surface area (Å²) in [4.78, 5) is 33.3. The van der Waals surface area contributed by atoms with Crippen molar-refractivity contribution in [1.82, 2.24) is 14.5 Å². The van der Waals surface area contributed by atoms with Gasteiger partial charge in [0, 0.05) is 12.6 Å². The van der Waals surface area contributed by atoms with Crippen molar-refractivity contribution in [3.63, 3.8) is 0 Å². The predicted molar refractivity (Wildman–Crippen MR) is 135 cm³/mol. The summed E-state index contributed by atoms with van der Waals surface area (Å²) in [7, 11) is 0. The second-order valence-corrected chi connectivity index (χ2v) is 10.2. The number of rotatable bonds is 8. The van der Waals surface area contributed by atoms with Crippen LogP contribution in [0.15, 0.2) is 75.3 Å². The lowest BCUT2D eigenvalue weighted by Crippen LogP contribution is -2.34. The average Bonchev–Trinajstić information content (AvgIpc) is 3.54. The molecule has 2 aromatic carbocycles. The fourth-order valence-corrected chi connectivity index (χ4v) is 5.41. The Labute approximate surface area is 201 Å². The molecule has 0 radical (unpaired) electrons. The van der Waals surface area contributed by atoms with E-state index < -0.39 is 0 Å². The molecule has 1 aliphatic carbocycles. The molecule has 2 aromatic heterocycles. The number of benzene rings is 2. The molecule has 33 heavy (non-hydrogen) atoms. The van der Waals surface area contributed by atoms with Gasteiger partial charge in [-0.25, -0.2) is 4.98 Å². The molecule has 1 fully saturated rings. The number of nitrogens with zero attached hydrogens (tertiary/aromatic N) is 3. The van der Waals surface area contributed by atoms with E-state index in [0.717, 1.165) is 18.4 Å². The number of amides is 1. The van der Waals surface area contributed by atoms with Gasteiger partial charge in [-0.05, 0) is 59.9 Å². The number of carbonyl (C=O) groups is 1. The number of aromatic nitrogens is 2. The highest BCUT2D eigenvalue weighted by Gasteiger charge is 2.32. The maximum atomic E-state index is 13.3. The van der Waals surface area contributed by atoms with Crippen LogP contribution in [-0.4, -0.2) is 32.2 Å². The quantitative estimate of drug-likeness (QED) is 0.263. The lowest BCUT2D eigenvalue weighted by atomic mass is 10.1. The standard InChI is InChI=1S/C26H25N3O2S2/c1-18-6-8-19(9-7-18)14-29-25(31)22-4-2-3-5-23(22)27-26(29)33-17-24(30)28(21-10-11-21)15-20-12-13-32-16-20/h2-9,12-13,16,21H,10-11,14-15,17H2,1H3. The third kappa shape index (κ3) is 5.04. The first-order chi connectivity index (χ1) is 16.1. The largest absolute Gasteiger partial charge is 0.335 e. The lowest BCUT2D eigenvalue weighted by molar-refractivity contribution is -0.129. The third-order valence-corrected chi connectivity index (χ3v) is 7.55. The van der Waals surface area contributed by atoms with Crippen molar-refractivity contribution in [1.29, 1.82) is 0 Å². The summed E-state index contributed by atoms with van der Waals surface area (Å²) in [6, 6.07) is 18.0. The first-order valence-corrected chi connectivity index (χ1v) is 13.0. The molecule has 4 aromatic rings. The van der Waals surface area contributed by atoms with Crippen LogP contribution in [-0.2, 0) is 17.9 Å². The van der Waals surface area contributed by atoms with Gasteiger partial charge in [-0.2, -0.15) is 11.3 Å². The molecule has 168 valence electrons. The summed E-state index contributed by atoms with van der Waals surface area (Å²) in [5.74, 6) is 0.359. The normalized spacial score (nSPS) is 13.4. The van der Waals surface area contributed by atoms with Crippen molar-refractivity contribution in [2.75, 3.05) is 5.75 Å². The van der Waals surface area contributed by atoms with Gasteiger partial charge < -0.3 is 4.90 Å². The summed E-state index contributed by atoms with van der Waals surface area (Å²) in [5, 5.41) is 5.32. The maximum absolute atomic E-state index is 13.3. The van der Waals surface area contributed by atoms with Gasteiger partial charge in [0.1, 0.15) is 0 Å². The third-order valence-electron chi connectivity index (χ3n) is 5.85. The molecule has 7 heteroatoms. The molecular weight excluding hydrogens is 450 g/mol. The van der Waals surface area contributed by atoms with Crippen molar-refractivity contribution in [3.8, 4) is 0 Å². The van der Waals surface area contributed by atoms with Crippen molar-refractivity contribution in [2.24, 2.45) is 0 Å². The maximum Gasteiger partial charge on any atom is 0.262 e. The van der Waals surface area contributed by atoms with E-state index in [-0.39, 0.29) is 17.2 Å². The van der Waals surface area contributed by atoms with E-state index in [9.17, 15) is 9.59 Å². The molecule has 2 heterocycles. The van der Waals surface area contributed by atoms with Crippen LogP contribution >= 0.6 is 23.1 Å². The topological polar surface area (TPSA) is 55.2 Å². The summed E-state index contributed by atoms with van der Waals surface area (Å²) >= 11 is 3.01. The second kappa shape index (κ2) is 9.53. The Morgan fingerprint density at radius 1 is 1.12 bits per heavy atom. The molecule has 0 unspecified atom stereocenters. The van der Waals surface area contributed by atoms with Gasteiger partial charge in [-0.1, -0.05) is 53.7 Å². The minimum Gasteiger partial charge on any atom is -0.335 e. The lowest BCUT2D eigenvalue weighted by Gasteiger charge is -2.22. The highest BCUT2D eigenvalue weighted by atomic mass is 32.2. The number of hydrogen-bond donors (Lipinski definition) is 0. The molecule has 0 bridgehead atoms. The fraction of sp³-hybridized carbons (Fsp3) is 0.269. The smallest absolute Gasteiger partial charge is 0.262 e. The number of carbonyl (C=O) groups excluding carboxylic acids is 1. The van der Waals surface area contributed by atoms with Gasteiger partial charge in [0.2, 0.25) is 5.91 Å². The van der Waals surface area contributed by atoms with E-state index >= 15 is 0 Å². The molecule has 1 amide bonds. The number of hydrogen-bond acceptors (Lipinski definition) is 5. The van der Waals surface area contributed by atoms with Crippen LogP contribution in [0.3, 0.4) is 0 Å². The van der Waals surface area contributed by atoms with E-state index in [2.05, 4.69) is 11.4 Å². The zero-order valence-electron chi connectivity index (χ0n) is 18.4. The van der Waals surface area contributed by atoms with E-state index in [1.165, 1.54) is 22.9 Å². The van der Waals surface area contributed by atoms with Gasteiger partial charge in [0.05, 0.1) is 23.2 Å². The highest BCUT2D eigenvalue weighted by molar-refractivity contribution is 7.99. The Balaban J connectivity index is 1.42. The van der Waals surface area contributed by atoms with Gasteiger partial charge in [0.25, 0.3) is 5.56 Å². The predicted octanol–water partition coefficient (Wildman–Crippen LogP) is 5.10. The molecule has 5 nitrogen and oxygen atoms in total. The SMILES string of the molecule is Cc1ccc(Cn2c(SCC(=O)N(Cc3ccsc3)C3CC3)nc3ccccc3c2=O)cc1. The zero-order chi connectivity index (χ0) is 22.8. The molecule has 0 saturated heterocycles. The van der Waals surface area contributed by atoms with Gasteiger partial charge >= 0.3 is 0 Å². The minimum atomic E-state index is -0.0755. The Morgan fingerprint density at radius 3 is 2.64 bits per heavy atom. The second-order valence-electron chi connectivity index (χ2n) is 8.46. The van der Waals surface area contributed by atoms with E-state index in [1.807, 2.05) is 65.7 Å². The van der Waals surface area contributed by atoms with Gasteiger partial charge in [-0.15, -0.1) is 0 Å². The van der Waals surface area contributed by atoms with Gasteiger partial charge in [0.15, 0.2) is 5.16 Å². The Hall–Kier alpha value is -2.90. The van der Waals surface area contributed by atoms with Crippen molar-refractivity contribution in [3.05, 3.63) is 92.4 Å². The Morgan fingerprint density at radius 2 is 1.91 bits per heavy atom. The minimum absolute atomic E-state index is 0.0755. The van der Waals surface area contributed by atoms with Crippen LogP contribution in [0, 0.1) is 6.92 Å². The fourth-order valence-electron chi connectivity index (χ4n) is 3.87. The van der Waals surface area contributed by atoms with Crippen LogP contribution in [0.1, 0.15) is 29.5 Å². The van der Waals surface area contributed by atoms with Crippen molar-refractivity contribution in [2.45, 2.75) is 44.1 Å². The summed E-state index contributed by atoms with van der Waals surface area (Å²) < 4.78 is 1.70. The molecule has 0 aliphatic heterocycles. The van der Waals surface area contributed by atoms with Gasteiger partial charge in [-0.3, -0.25) is 14.2 Å². The Kier molecular flexibility index (Phi) is 6.33. The first-order valence-electron chi connectivity index (χ1n) is 11.1. The number of thioether (sulfide) groups is 1. The number of thiophene rings is 1. The van der Waals surface area contributed by atoms with Crippen LogP contribution in [0.5, 0.6) is 0 Å². The number of aryl methyl sites for hydroxylation is 1. The van der Waals surface area contributed by atoms with Crippen LogP contribution in [0.4, 0.5) is 0 Å². The monoisotopic (exact) mass is 475 g/mol. The summed E-state index contributed by atoms with van der Waals surface area (Å²) in [5.41, 5.74) is 3.97. The highest BCUT2D eigenvalue weighted by Crippen LogP contribution is 2.30. The molecule has 0 N–H and O–H groups in total. The van der Waals surface area contributed by atoms with E-state index in [1.54, 1.807) is 15.9 Å². The Bertz CT molecular complexity index is 1330. The molecule has 0 spiro atoms.